The topological polar surface area (TPSA) is 64.1 Å². The standard InChI is InChI=1S/C17H29N3O3/c1-13(2)12-23-9-8-19-17(18-3)20-11-14-6-7-15(21-4)10-16(14)22-5/h6-7,10,13H,8-9,11-12H2,1-5H3,(H2,18,19,20). The van der Waals surface area contributed by atoms with E-state index in [0.717, 1.165) is 29.6 Å². The lowest BCUT2D eigenvalue weighted by Crippen LogP contribution is -2.38. The molecular formula is C17H29N3O3. The number of rotatable bonds is 9. The number of hydrogen-bond donors (Lipinski definition) is 2. The highest BCUT2D eigenvalue weighted by molar-refractivity contribution is 5.79. The number of guanidine groups is 1. The molecule has 0 bridgehead atoms. The molecular weight excluding hydrogens is 294 g/mol. The molecule has 0 atom stereocenters. The SMILES string of the molecule is CN=C(NCCOCC(C)C)NCc1ccc(OC)cc1OC. The first-order chi connectivity index (χ1) is 11.1. The minimum absolute atomic E-state index is 0.551. The van der Waals surface area contributed by atoms with Crippen LogP contribution in [-0.2, 0) is 11.3 Å². The van der Waals surface area contributed by atoms with Gasteiger partial charge in [-0.2, -0.15) is 0 Å². The Morgan fingerprint density at radius 3 is 2.57 bits per heavy atom. The normalized spacial score (nSPS) is 11.5. The predicted octanol–water partition coefficient (Wildman–Crippen LogP) is 2.04. The molecule has 0 saturated carbocycles. The van der Waals surface area contributed by atoms with E-state index in [0.29, 0.717) is 25.6 Å². The number of nitrogens with one attached hydrogen (secondary N) is 2. The van der Waals surface area contributed by atoms with E-state index in [1.54, 1.807) is 21.3 Å². The fourth-order valence-corrected chi connectivity index (χ4v) is 1.96. The van der Waals surface area contributed by atoms with Gasteiger partial charge in [0.1, 0.15) is 11.5 Å². The van der Waals surface area contributed by atoms with Crippen LogP contribution in [0.3, 0.4) is 0 Å². The Hall–Kier alpha value is -1.95. The summed E-state index contributed by atoms with van der Waals surface area (Å²) in [7, 11) is 5.03. The van der Waals surface area contributed by atoms with Crippen molar-refractivity contribution < 1.29 is 14.2 Å². The van der Waals surface area contributed by atoms with Gasteiger partial charge in [-0.15, -0.1) is 0 Å². The molecule has 6 nitrogen and oxygen atoms in total. The second-order valence-electron chi connectivity index (χ2n) is 5.50. The average molecular weight is 323 g/mol. The number of methoxy groups -OCH3 is 2. The highest BCUT2D eigenvalue weighted by Crippen LogP contribution is 2.24. The predicted molar refractivity (Wildman–Crippen MR) is 93.4 cm³/mol. The Bertz CT molecular complexity index is 490. The van der Waals surface area contributed by atoms with Gasteiger partial charge in [0.15, 0.2) is 5.96 Å². The fourth-order valence-electron chi connectivity index (χ4n) is 1.96. The monoisotopic (exact) mass is 323 g/mol. The quantitative estimate of drug-likeness (QED) is 0.414. The third-order valence-corrected chi connectivity index (χ3v) is 3.15. The summed E-state index contributed by atoms with van der Waals surface area (Å²) in [6.45, 7) is 7.03. The second kappa shape index (κ2) is 10.7. The smallest absolute Gasteiger partial charge is 0.191 e. The first-order valence-electron chi connectivity index (χ1n) is 7.83. The summed E-state index contributed by atoms with van der Waals surface area (Å²) in [5, 5.41) is 6.48. The molecule has 2 N–H and O–H groups in total. The molecule has 0 aliphatic rings. The van der Waals surface area contributed by atoms with Crippen molar-refractivity contribution in [2.45, 2.75) is 20.4 Å². The van der Waals surface area contributed by atoms with Crippen LogP contribution in [0.25, 0.3) is 0 Å². The molecule has 1 aromatic rings. The van der Waals surface area contributed by atoms with Gasteiger partial charge in [0.05, 0.1) is 20.8 Å². The lowest BCUT2D eigenvalue weighted by molar-refractivity contribution is 0.114. The Morgan fingerprint density at radius 2 is 1.96 bits per heavy atom. The van der Waals surface area contributed by atoms with Crippen molar-refractivity contribution in [3.63, 3.8) is 0 Å². The van der Waals surface area contributed by atoms with Gasteiger partial charge in [-0.1, -0.05) is 13.8 Å². The summed E-state index contributed by atoms with van der Waals surface area (Å²) in [6.07, 6.45) is 0. The Kier molecular flexibility index (Phi) is 8.90. The summed E-state index contributed by atoms with van der Waals surface area (Å²) in [5.74, 6) is 2.84. The van der Waals surface area contributed by atoms with Crippen LogP contribution in [0.5, 0.6) is 11.5 Å². The van der Waals surface area contributed by atoms with E-state index in [1.165, 1.54) is 0 Å². The minimum Gasteiger partial charge on any atom is -0.497 e. The van der Waals surface area contributed by atoms with Crippen LogP contribution in [0.4, 0.5) is 0 Å². The zero-order valence-corrected chi connectivity index (χ0v) is 14.8. The molecule has 0 aliphatic carbocycles. The molecule has 0 heterocycles. The summed E-state index contributed by atoms with van der Waals surface area (Å²) in [6, 6.07) is 5.76. The van der Waals surface area contributed by atoms with E-state index in [4.69, 9.17) is 14.2 Å². The Morgan fingerprint density at radius 1 is 1.17 bits per heavy atom. The molecule has 23 heavy (non-hydrogen) atoms. The number of nitrogens with zero attached hydrogens (tertiary/aromatic N) is 1. The van der Waals surface area contributed by atoms with Crippen molar-refractivity contribution >= 4 is 5.96 Å². The van der Waals surface area contributed by atoms with Crippen LogP contribution in [0, 0.1) is 5.92 Å². The Labute approximate surface area is 139 Å². The van der Waals surface area contributed by atoms with Gasteiger partial charge < -0.3 is 24.8 Å². The highest BCUT2D eigenvalue weighted by atomic mass is 16.5. The first kappa shape index (κ1) is 19.1. The van der Waals surface area contributed by atoms with Crippen LogP contribution in [0.15, 0.2) is 23.2 Å². The van der Waals surface area contributed by atoms with Crippen molar-refractivity contribution in [1.29, 1.82) is 0 Å². The molecule has 0 saturated heterocycles. The van der Waals surface area contributed by atoms with Crippen molar-refractivity contribution in [2.24, 2.45) is 10.9 Å². The third kappa shape index (κ3) is 7.23. The molecule has 130 valence electrons. The molecule has 0 radical (unpaired) electrons. The molecule has 0 spiro atoms. The van der Waals surface area contributed by atoms with Crippen molar-refractivity contribution in [2.75, 3.05) is 41.0 Å². The van der Waals surface area contributed by atoms with Gasteiger partial charge in [0.25, 0.3) is 0 Å². The van der Waals surface area contributed by atoms with Crippen molar-refractivity contribution in [1.82, 2.24) is 10.6 Å². The van der Waals surface area contributed by atoms with Gasteiger partial charge in [-0.3, -0.25) is 4.99 Å². The lowest BCUT2D eigenvalue weighted by Gasteiger charge is -2.14. The second-order valence-corrected chi connectivity index (χ2v) is 5.50. The molecule has 1 aromatic carbocycles. The van der Waals surface area contributed by atoms with Crippen LogP contribution >= 0.6 is 0 Å². The van der Waals surface area contributed by atoms with Crippen LogP contribution in [-0.4, -0.2) is 47.0 Å². The van der Waals surface area contributed by atoms with E-state index in [1.807, 2.05) is 18.2 Å². The zero-order valence-electron chi connectivity index (χ0n) is 14.8. The first-order valence-corrected chi connectivity index (χ1v) is 7.83. The average Bonchev–Trinajstić information content (AvgIpc) is 2.56. The number of aliphatic imine (C=N–C) groups is 1. The van der Waals surface area contributed by atoms with Crippen LogP contribution in [0.1, 0.15) is 19.4 Å². The molecule has 0 aromatic heterocycles. The molecule has 0 fully saturated rings. The van der Waals surface area contributed by atoms with Crippen LogP contribution in [0.2, 0.25) is 0 Å². The van der Waals surface area contributed by atoms with E-state index in [9.17, 15) is 0 Å². The van der Waals surface area contributed by atoms with Crippen molar-refractivity contribution in [3.05, 3.63) is 23.8 Å². The molecule has 0 unspecified atom stereocenters. The lowest BCUT2D eigenvalue weighted by atomic mass is 10.2. The maximum Gasteiger partial charge on any atom is 0.191 e. The Balaban J connectivity index is 2.42. The van der Waals surface area contributed by atoms with Crippen molar-refractivity contribution in [3.8, 4) is 11.5 Å². The fraction of sp³-hybridized carbons (Fsp3) is 0.588. The van der Waals surface area contributed by atoms with E-state index in [2.05, 4.69) is 29.5 Å². The summed E-state index contributed by atoms with van der Waals surface area (Å²) >= 11 is 0. The number of hydrogen-bond acceptors (Lipinski definition) is 4. The van der Waals surface area contributed by atoms with Gasteiger partial charge in [0.2, 0.25) is 0 Å². The van der Waals surface area contributed by atoms with E-state index < -0.39 is 0 Å². The largest absolute Gasteiger partial charge is 0.497 e. The van der Waals surface area contributed by atoms with Gasteiger partial charge in [0, 0.05) is 38.4 Å². The summed E-state index contributed by atoms with van der Waals surface area (Å²) < 4.78 is 16.1. The van der Waals surface area contributed by atoms with Gasteiger partial charge in [-0.05, 0) is 18.1 Å². The van der Waals surface area contributed by atoms with E-state index >= 15 is 0 Å². The maximum atomic E-state index is 5.54. The molecule has 6 heteroatoms. The van der Waals surface area contributed by atoms with Gasteiger partial charge in [-0.25, -0.2) is 0 Å². The number of ether oxygens (including phenoxy) is 3. The molecule has 0 amide bonds. The third-order valence-electron chi connectivity index (χ3n) is 3.15. The minimum atomic E-state index is 0.551. The highest BCUT2D eigenvalue weighted by Gasteiger charge is 2.06. The summed E-state index contributed by atoms with van der Waals surface area (Å²) in [5.41, 5.74) is 1.03. The van der Waals surface area contributed by atoms with Gasteiger partial charge >= 0.3 is 0 Å². The zero-order chi connectivity index (χ0) is 17.1. The summed E-state index contributed by atoms with van der Waals surface area (Å²) in [4.78, 5) is 4.20. The molecule has 0 aliphatic heterocycles. The number of benzene rings is 1. The van der Waals surface area contributed by atoms with Crippen LogP contribution < -0.4 is 20.1 Å². The molecule has 1 rings (SSSR count). The van der Waals surface area contributed by atoms with E-state index in [-0.39, 0.29) is 0 Å². The maximum absolute atomic E-state index is 5.54.